The fraction of sp³-hybridized carbons (Fsp3) is 0.444. The molecule has 2 aromatic carbocycles. The minimum Gasteiger partial charge on any atom is -0.507 e. The number of Topliss-reactive ketones (excluding diaryl/α,β-unsaturated/α-hetero) is 1. The number of alkyl halides is 1. The number of methoxy groups -OCH3 is 1. The van der Waals surface area contributed by atoms with Crippen molar-refractivity contribution in [3.8, 4) is 11.5 Å². The number of aliphatic hydroxyl groups is 3. The van der Waals surface area contributed by atoms with Crippen molar-refractivity contribution in [2.75, 3.05) is 7.11 Å². The Kier molecular flexibility index (Phi) is 6.40. The maximum absolute atomic E-state index is 15.9. The van der Waals surface area contributed by atoms with Crippen molar-refractivity contribution in [1.82, 2.24) is 0 Å². The predicted octanol–water partition coefficient (Wildman–Crippen LogP) is 1.77. The average Bonchev–Trinajstić information content (AvgIpc) is 2.91. The van der Waals surface area contributed by atoms with Gasteiger partial charge in [-0.15, -0.1) is 0 Å². The molecule has 11 heteroatoms. The van der Waals surface area contributed by atoms with Crippen LogP contribution < -0.4 is 4.74 Å². The van der Waals surface area contributed by atoms with Crippen molar-refractivity contribution in [2.45, 2.75) is 69.2 Å². The highest BCUT2D eigenvalue weighted by Crippen LogP contribution is 2.50. The number of phenols is 1. The highest BCUT2D eigenvalue weighted by atomic mass is 19.1. The first-order chi connectivity index (χ1) is 17.9. The Balaban J connectivity index is 1.67. The van der Waals surface area contributed by atoms with Gasteiger partial charge in [-0.2, -0.15) is 0 Å². The summed E-state index contributed by atoms with van der Waals surface area (Å²) >= 11 is 0. The minimum absolute atomic E-state index is 0.0134. The van der Waals surface area contributed by atoms with Gasteiger partial charge in [-0.1, -0.05) is 19.1 Å². The van der Waals surface area contributed by atoms with Gasteiger partial charge in [0.1, 0.15) is 29.8 Å². The lowest BCUT2D eigenvalue weighted by atomic mass is 9.73. The molecule has 5 rings (SSSR count). The molecule has 1 saturated heterocycles. The van der Waals surface area contributed by atoms with Crippen molar-refractivity contribution < 1.29 is 53.4 Å². The molecule has 1 heterocycles. The number of benzene rings is 2. The molecule has 0 aromatic heterocycles. The third kappa shape index (κ3) is 3.69. The lowest BCUT2D eigenvalue weighted by Gasteiger charge is -2.42. The van der Waals surface area contributed by atoms with Crippen LogP contribution in [0.15, 0.2) is 24.3 Å². The molecule has 4 N–H and O–H groups in total. The molecule has 3 aliphatic rings. The number of fused-ring (bicyclic) bond motifs is 3. The van der Waals surface area contributed by atoms with Gasteiger partial charge in [0.2, 0.25) is 11.6 Å². The van der Waals surface area contributed by atoms with Crippen molar-refractivity contribution in [3.63, 3.8) is 0 Å². The fourth-order valence-electron chi connectivity index (χ4n) is 5.44. The number of carbonyl (C=O) groups excluding carboxylic acids is 3. The maximum atomic E-state index is 15.9. The van der Waals surface area contributed by atoms with Crippen molar-refractivity contribution in [2.24, 2.45) is 0 Å². The molecule has 1 aliphatic heterocycles. The minimum atomic E-state index is -2.45. The number of aliphatic hydroxyl groups excluding tert-OH is 3. The summed E-state index contributed by atoms with van der Waals surface area (Å²) < 4.78 is 32.5. The smallest absolute Gasteiger partial charge is 0.201 e. The van der Waals surface area contributed by atoms with Gasteiger partial charge in [0.15, 0.2) is 17.7 Å². The second kappa shape index (κ2) is 9.21. The van der Waals surface area contributed by atoms with E-state index in [9.17, 15) is 34.8 Å². The van der Waals surface area contributed by atoms with E-state index in [1.165, 1.54) is 39.2 Å². The Morgan fingerprint density at radius 1 is 1.03 bits per heavy atom. The molecule has 1 fully saturated rings. The van der Waals surface area contributed by atoms with E-state index in [0.29, 0.717) is 0 Å². The van der Waals surface area contributed by atoms with E-state index < -0.39 is 72.0 Å². The van der Waals surface area contributed by atoms with E-state index in [1.54, 1.807) is 0 Å². The second-order valence-electron chi connectivity index (χ2n) is 9.81. The monoisotopic (exact) mass is 530 g/mol. The molecule has 0 radical (unpaired) electrons. The topological polar surface area (TPSA) is 160 Å². The number of ether oxygens (including phenoxy) is 3. The van der Waals surface area contributed by atoms with Crippen LogP contribution in [0.1, 0.15) is 80.6 Å². The molecule has 7 atom stereocenters. The Bertz CT molecular complexity index is 1360. The Labute approximate surface area is 216 Å². The summed E-state index contributed by atoms with van der Waals surface area (Å²) in [5.74, 6) is -2.99. The maximum Gasteiger partial charge on any atom is 0.201 e. The predicted molar refractivity (Wildman–Crippen MR) is 127 cm³/mol. The molecule has 0 unspecified atom stereocenters. The zero-order valence-electron chi connectivity index (χ0n) is 20.8. The van der Waals surface area contributed by atoms with Gasteiger partial charge in [-0.25, -0.2) is 4.39 Å². The van der Waals surface area contributed by atoms with Crippen molar-refractivity contribution >= 4 is 17.3 Å². The first-order valence-electron chi connectivity index (χ1n) is 12.2. The zero-order chi connectivity index (χ0) is 27.7. The van der Waals surface area contributed by atoms with Gasteiger partial charge in [-0.3, -0.25) is 14.4 Å². The molecule has 0 spiro atoms. The standard InChI is InChI=1S/C27H27FO10/c1-4-27(28)9-15(38-26-24(34)23(33)19(29)10(2)37-26)17-13(25(27)35)8-12-18(22(17)32)21(31)16-11(20(12)30)6-5-7-14(16)36-3/h5-8,10,15,19,23-24,26,29,32-34H,4,9H2,1-3H3/t10-,15+,19+,23+,24-,26-,27-/m0/s1. The Morgan fingerprint density at radius 2 is 1.74 bits per heavy atom. The number of hydrogen-bond donors (Lipinski definition) is 4. The largest absolute Gasteiger partial charge is 0.507 e. The quantitative estimate of drug-likeness (QED) is 0.391. The van der Waals surface area contributed by atoms with E-state index in [-0.39, 0.29) is 45.6 Å². The highest BCUT2D eigenvalue weighted by molar-refractivity contribution is 6.31. The molecule has 2 aliphatic carbocycles. The van der Waals surface area contributed by atoms with Crippen LogP contribution in [0.2, 0.25) is 0 Å². The van der Waals surface area contributed by atoms with Crippen LogP contribution in [0, 0.1) is 0 Å². The SMILES string of the molecule is CC[C@]1(F)C[C@@H](O[C@@H]2O[C@@H](C)[C@@H](O)[C@@H](O)[C@@H]2O)c2c(cc3c(c2O)C(=O)c2c(OC)cccc2C3=O)C1=O. The summed E-state index contributed by atoms with van der Waals surface area (Å²) in [5, 5.41) is 42.0. The number of ketones is 3. The first-order valence-corrected chi connectivity index (χ1v) is 12.2. The molecule has 2 aromatic rings. The molecule has 10 nitrogen and oxygen atoms in total. The van der Waals surface area contributed by atoms with E-state index in [1.807, 2.05) is 0 Å². The van der Waals surface area contributed by atoms with Gasteiger partial charge in [0, 0.05) is 28.7 Å². The molecule has 0 bridgehead atoms. The second-order valence-corrected chi connectivity index (χ2v) is 9.81. The van der Waals surface area contributed by atoms with Gasteiger partial charge in [0.05, 0.1) is 30.4 Å². The lowest BCUT2D eigenvalue weighted by molar-refractivity contribution is -0.307. The van der Waals surface area contributed by atoms with E-state index >= 15 is 4.39 Å². The van der Waals surface area contributed by atoms with E-state index in [2.05, 4.69) is 0 Å². The molecule has 0 saturated carbocycles. The Hall–Kier alpha value is -3.22. The summed E-state index contributed by atoms with van der Waals surface area (Å²) in [6.07, 6.45) is -9.61. The Morgan fingerprint density at radius 3 is 2.39 bits per heavy atom. The van der Waals surface area contributed by atoms with Crippen LogP contribution in [0.4, 0.5) is 4.39 Å². The first kappa shape index (κ1) is 26.4. The summed E-state index contributed by atoms with van der Waals surface area (Å²) in [5.41, 5.74) is -3.73. The third-order valence-corrected chi connectivity index (χ3v) is 7.68. The summed E-state index contributed by atoms with van der Waals surface area (Å²) in [7, 11) is 1.32. The highest BCUT2D eigenvalue weighted by Gasteiger charge is 2.52. The van der Waals surface area contributed by atoms with Gasteiger partial charge >= 0.3 is 0 Å². The number of rotatable bonds is 4. The zero-order valence-corrected chi connectivity index (χ0v) is 20.8. The molecular formula is C27H27FO10. The molecule has 0 amide bonds. The van der Waals surface area contributed by atoms with Crippen LogP contribution in [0.25, 0.3) is 0 Å². The molecule has 202 valence electrons. The van der Waals surface area contributed by atoms with Gasteiger partial charge < -0.3 is 34.6 Å². The normalized spacial score (nSPS) is 32.4. The van der Waals surface area contributed by atoms with Crippen LogP contribution >= 0.6 is 0 Å². The number of hydrogen-bond acceptors (Lipinski definition) is 10. The van der Waals surface area contributed by atoms with Gasteiger partial charge in [0.25, 0.3) is 0 Å². The van der Waals surface area contributed by atoms with E-state index in [4.69, 9.17) is 14.2 Å². The fourth-order valence-corrected chi connectivity index (χ4v) is 5.44. The molecular weight excluding hydrogens is 503 g/mol. The van der Waals surface area contributed by atoms with Crippen LogP contribution in [-0.2, 0) is 9.47 Å². The summed E-state index contributed by atoms with van der Waals surface area (Å²) in [4.78, 5) is 40.2. The summed E-state index contributed by atoms with van der Waals surface area (Å²) in [6.45, 7) is 2.88. The van der Waals surface area contributed by atoms with E-state index in [0.717, 1.165) is 6.07 Å². The summed E-state index contributed by atoms with van der Waals surface area (Å²) in [6, 6.07) is 5.52. The number of carbonyl (C=O) groups is 3. The lowest BCUT2D eigenvalue weighted by Crippen LogP contribution is -2.57. The van der Waals surface area contributed by atoms with Gasteiger partial charge in [-0.05, 0) is 25.5 Å². The van der Waals surface area contributed by atoms with Crippen LogP contribution in [-0.4, -0.2) is 81.3 Å². The van der Waals surface area contributed by atoms with Crippen molar-refractivity contribution in [3.05, 3.63) is 57.6 Å². The number of phenolic OH excluding ortho intramolecular Hbond substituents is 1. The number of aromatic hydroxyl groups is 1. The average molecular weight is 531 g/mol. The van der Waals surface area contributed by atoms with Crippen LogP contribution in [0.3, 0.4) is 0 Å². The third-order valence-electron chi connectivity index (χ3n) is 7.68. The number of halogens is 1. The molecule has 38 heavy (non-hydrogen) atoms. The van der Waals surface area contributed by atoms with Crippen molar-refractivity contribution in [1.29, 1.82) is 0 Å². The van der Waals surface area contributed by atoms with Crippen LogP contribution in [0.5, 0.6) is 11.5 Å².